The maximum Gasteiger partial charge on any atom is 0.307 e. The van der Waals surface area contributed by atoms with Crippen molar-refractivity contribution in [3.05, 3.63) is 18.0 Å². The van der Waals surface area contributed by atoms with Crippen molar-refractivity contribution in [2.75, 3.05) is 6.54 Å². The van der Waals surface area contributed by atoms with Gasteiger partial charge in [0.15, 0.2) is 0 Å². The molecule has 0 aromatic carbocycles. The number of hydrogen-bond donors (Lipinski definition) is 0. The Morgan fingerprint density at radius 2 is 2.38 bits per heavy atom. The van der Waals surface area contributed by atoms with Crippen molar-refractivity contribution in [1.29, 1.82) is 0 Å². The molecule has 1 saturated heterocycles. The van der Waals surface area contributed by atoms with Crippen LogP contribution < -0.4 is 0 Å². The Morgan fingerprint density at radius 1 is 1.62 bits per heavy atom. The fraction of sp³-hybridized carbons (Fsp3) is 0.500. The van der Waals surface area contributed by atoms with Crippen LogP contribution in [0, 0.1) is 0 Å². The minimum atomic E-state index is -4.65. The van der Waals surface area contributed by atoms with Crippen molar-refractivity contribution in [2.24, 2.45) is 0 Å². The summed E-state index contributed by atoms with van der Waals surface area (Å²) in [5.41, 5.74) is 0.505. The van der Waals surface area contributed by atoms with Crippen LogP contribution in [-0.2, 0) is 21.6 Å². The molecular weight excluding hydrogens is 239 g/mol. The lowest BCUT2D eigenvalue weighted by Crippen LogP contribution is -2.26. The summed E-state index contributed by atoms with van der Waals surface area (Å²) in [6.45, 7) is 0.00583. The van der Waals surface area contributed by atoms with Crippen LogP contribution in [0.15, 0.2) is 16.9 Å². The van der Waals surface area contributed by atoms with Gasteiger partial charge in [-0.3, -0.25) is 4.79 Å². The molecule has 0 saturated carbocycles. The zero-order chi connectivity index (χ0) is 11.8. The second-order valence-electron chi connectivity index (χ2n) is 3.57. The van der Waals surface area contributed by atoms with E-state index >= 15 is 0 Å². The normalized spacial score (nSPS) is 21.7. The molecule has 88 valence electrons. The van der Waals surface area contributed by atoms with Crippen molar-refractivity contribution < 1.29 is 21.6 Å². The third-order valence-electron chi connectivity index (χ3n) is 2.42. The number of rotatable bonds is 3. The van der Waals surface area contributed by atoms with Gasteiger partial charge in [-0.15, -0.1) is 3.89 Å². The number of carbonyl (C=O) groups excluding carboxylic acids is 1. The third-order valence-corrected chi connectivity index (χ3v) is 3.53. The van der Waals surface area contributed by atoms with E-state index in [4.69, 9.17) is 0 Å². The first-order valence-electron chi connectivity index (χ1n) is 4.57. The van der Waals surface area contributed by atoms with Gasteiger partial charge in [-0.2, -0.15) is 8.42 Å². The number of likely N-dealkylation sites (tertiary alicyclic amines) is 1. The Balaban J connectivity index is 2.06. The zero-order valence-electron chi connectivity index (χ0n) is 8.17. The van der Waals surface area contributed by atoms with Crippen LogP contribution in [0.4, 0.5) is 3.89 Å². The molecule has 8 heteroatoms. The number of nitrogens with zero attached hydrogens (tertiary/aromatic N) is 2. The molecule has 16 heavy (non-hydrogen) atoms. The summed E-state index contributed by atoms with van der Waals surface area (Å²) in [7, 11) is -4.65. The molecule has 1 aliphatic heterocycles. The van der Waals surface area contributed by atoms with Crippen LogP contribution in [0.25, 0.3) is 0 Å². The van der Waals surface area contributed by atoms with E-state index in [1.807, 2.05) is 0 Å². The van der Waals surface area contributed by atoms with Gasteiger partial charge >= 0.3 is 10.2 Å². The predicted octanol–water partition coefficient (Wildman–Crippen LogP) is 0.0748. The van der Waals surface area contributed by atoms with E-state index in [2.05, 4.69) is 9.68 Å². The quantitative estimate of drug-likeness (QED) is 0.707. The highest BCUT2D eigenvalue weighted by atomic mass is 32.3. The van der Waals surface area contributed by atoms with Crippen LogP contribution in [0.5, 0.6) is 0 Å². The summed E-state index contributed by atoms with van der Waals surface area (Å²) in [5, 5.41) is 2.33. The van der Waals surface area contributed by atoms with Gasteiger partial charge < -0.3 is 9.42 Å². The summed E-state index contributed by atoms with van der Waals surface area (Å²) < 4.78 is 38.5. The van der Waals surface area contributed by atoms with E-state index < -0.39 is 21.4 Å². The van der Waals surface area contributed by atoms with Crippen LogP contribution in [-0.4, -0.2) is 36.2 Å². The van der Waals surface area contributed by atoms with Crippen LogP contribution in [0.2, 0.25) is 0 Å². The van der Waals surface area contributed by atoms with Crippen molar-refractivity contribution in [1.82, 2.24) is 10.1 Å². The lowest BCUT2D eigenvalue weighted by molar-refractivity contribution is -0.128. The molecule has 1 atom stereocenters. The van der Waals surface area contributed by atoms with Crippen LogP contribution in [0.3, 0.4) is 0 Å². The lowest BCUT2D eigenvalue weighted by atomic mass is 10.4. The molecule has 2 heterocycles. The fourth-order valence-electron chi connectivity index (χ4n) is 1.59. The smallest absolute Gasteiger partial charge is 0.307 e. The van der Waals surface area contributed by atoms with Gasteiger partial charge in [0.1, 0.15) is 17.2 Å². The lowest BCUT2D eigenvalue weighted by Gasteiger charge is -2.13. The number of halogens is 1. The van der Waals surface area contributed by atoms with Gasteiger partial charge in [-0.1, -0.05) is 5.16 Å². The highest BCUT2D eigenvalue weighted by Gasteiger charge is 2.38. The average Bonchev–Trinajstić information content (AvgIpc) is 2.76. The first-order chi connectivity index (χ1) is 7.47. The molecule has 1 aromatic heterocycles. The van der Waals surface area contributed by atoms with Gasteiger partial charge in [0, 0.05) is 19.0 Å². The van der Waals surface area contributed by atoms with E-state index in [0.717, 1.165) is 0 Å². The van der Waals surface area contributed by atoms with Crippen molar-refractivity contribution in [3.63, 3.8) is 0 Å². The zero-order valence-corrected chi connectivity index (χ0v) is 8.98. The highest BCUT2D eigenvalue weighted by molar-refractivity contribution is 7.87. The van der Waals surface area contributed by atoms with E-state index in [1.165, 1.54) is 11.2 Å². The predicted molar refractivity (Wildman–Crippen MR) is 50.4 cm³/mol. The van der Waals surface area contributed by atoms with E-state index in [-0.39, 0.29) is 19.5 Å². The third kappa shape index (κ3) is 2.21. The van der Waals surface area contributed by atoms with Crippen LogP contribution in [0.1, 0.15) is 12.1 Å². The first-order valence-corrected chi connectivity index (χ1v) is 6.02. The van der Waals surface area contributed by atoms with Crippen molar-refractivity contribution in [2.45, 2.75) is 18.2 Å². The minimum absolute atomic E-state index is 0.134. The summed E-state index contributed by atoms with van der Waals surface area (Å²) >= 11 is 0. The number of amides is 1. The molecule has 1 aromatic rings. The Bertz CT molecular complexity index is 484. The molecule has 0 aliphatic carbocycles. The molecule has 1 fully saturated rings. The Kier molecular flexibility index (Phi) is 2.66. The van der Waals surface area contributed by atoms with Crippen LogP contribution >= 0.6 is 0 Å². The Morgan fingerprint density at radius 3 is 2.88 bits per heavy atom. The molecule has 2 rings (SSSR count). The summed E-state index contributed by atoms with van der Waals surface area (Å²) in [4.78, 5) is 12.6. The van der Waals surface area contributed by atoms with E-state index in [1.54, 1.807) is 6.07 Å². The van der Waals surface area contributed by atoms with Gasteiger partial charge in [0.2, 0.25) is 5.91 Å². The molecule has 1 aliphatic rings. The average molecular weight is 248 g/mol. The topological polar surface area (TPSA) is 80.5 Å². The Labute approximate surface area is 91.2 Å². The molecule has 1 amide bonds. The molecular formula is C8H9FN2O4S. The summed E-state index contributed by atoms with van der Waals surface area (Å²) in [6.07, 6.45) is 1.04. The summed E-state index contributed by atoms with van der Waals surface area (Å²) in [5.74, 6) is -0.394. The maximum absolute atomic E-state index is 12.7. The van der Waals surface area contributed by atoms with Gasteiger partial charge in [0.25, 0.3) is 0 Å². The first kappa shape index (κ1) is 11.1. The minimum Gasteiger partial charge on any atom is -0.364 e. The number of aromatic nitrogens is 1. The van der Waals surface area contributed by atoms with Gasteiger partial charge in [-0.05, 0) is 0 Å². The van der Waals surface area contributed by atoms with E-state index in [9.17, 15) is 17.1 Å². The second-order valence-corrected chi connectivity index (χ2v) is 5.18. The molecule has 6 nitrogen and oxygen atoms in total. The highest BCUT2D eigenvalue weighted by Crippen LogP contribution is 2.21. The Hall–Kier alpha value is -1.44. The fourth-order valence-corrected chi connectivity index (χ4v) is 2.29. The second kappa shape index (κ2) is 3.85. The van der Waals surface area contributed by atoms with Crippen molar-refractivity contribution in [3.8, 4) is 0 Å². The largest absolute Gasteiger partial charge is 0.364 e. The molecule has 0 bridgehead atoms. The number of hydrogen-bond acceptors (Lipinski definition) is 5. The SMILES string of the molecule is O=C1CC(S(=O)(=O)F)CN1Cc1ccon1. The molecule has 1 unspecified atom stereocenters. The molecule has 0 radical (unpaired) electrons. The van der Waals surface area contributed by atoms with E-state index in [0.29, 0.717) is 5.69 Å². The maximum atomic E-state index is 12.7. The van der Waals surface area contributed by atoms with Crippen molar-refractivity contribution >= 4 is 16.1 Å². The monoisotopic (exact) mass is 248 g/mol. The standard InChI is InChI=1S/C8H9FN2O4S/c9-16(13,14)7-3-8(12)11(5-7)4-6-1-2-15-10-6/h1-2,7H,3-5H2. The van der Waals surface area contributed by atoms with Gasteiger partial charge in [-0.25, -0.2) is 0 Å². The number of carbonyl (C=O) groups is 1. The molecule has 0 N–H and O–H groups in total. The van der Waals surface area contributed by atoms with Gasteiger partial charge in [0.05, 0.1) is 6.54 Å². The summed E-state index contributed by atoms with van der Waals surface area (Å²) in [6, 6.07) is 1.56. The molecule has 0 spiro atoms.